The molecule has 9 heteroatoms. The molecule has 0 spiro atoms. The summed E-state index contributed by atoms with van der Waals surface area (Å²) in [7, 11) is -3.96. The van der Waals surface area contributed by atoms with Crippen molar-refractivity contribution in [3.05, 3.63) is 47.3 Å². The van der Waals surface area contributed by atoms with Gasteiger partial charge in [0.2, 0.25) is 10.0 Å². The monoisotopic (exact) mass is 434 g/mol. The maximum Gasteiger partial charge on any atom is 0.322 e. The van der Waals surface area contributed by atoms with Gasteiger partial charge in [0.25, 0.3) is 0 Å². The third-order valence-corrected chi connectivity index (χ3v) is 7.14. The molecular weight excluding hydrogens is 412 g/mol. The van der Waals surface area contributed by atoms with E-state index in [0.717, 1.165) is 11.3 Å². The lowest BCUT2D eigenvalue weighted by molar-refractivity contribution is -0.140. The molecule has 0 aliphatic rings. The Balaban J connectivity index is 1.80. The van der Waals surface area contributed by atoms with Gasteiger partial charge in [-0.15, -0.1) is 11.3 Å². The van der Waals surface area contributed by atoms with E-state index < -0.39 is 22.0 Å². The average molecular weight is 435 g/mol. The van der Waals surface area contributed by atoms with Gasteiger partial charge < -0.3 is 9.63 Å². The third kappa shape index (κ3) is 4.75. The number of benzene rings is 1. The molecule has 0 fully saturated rings. The van der Waals surface area contributed by atoms with Crippen molar-refractivity contribution in [2.24, 2.45) is 5.92 Å². The zero-order valence-corrected chi connectivity index (χ0v) is 17.9. The SMILES string of the molecule is CCc1ccc(-c2cc(-c3ccc(S(=O)(=O)N[C@H](C(=O)O)C(C)C)cc3)no2)s1. The van der Waals surface area contributed by atoms with Gasteiger partial charge in [-0.05, 0) is 36.6 Å². The van der Waals surface area contributed by atoms with Crippen molar-refractivity contribution in [3.63, 3.8) is 0 Å². The van der Waals surface area contributed by atoms with Crippen LogP contribution in [-0.4, -0.2) is 30.7 Å². The molecule has 0 aliphatic heterocycles. The maximum atomic E-state index is 12.5. The Kier molecular flexibility index (Phi) is 6.21. The lowest BCUT2D eigenvalue weighted by Crippen LogP contribution is -2.44. The molecule has 3 aromatic rings. The van der Waals surface area contributed by atoms with Crippen LogP contribution < -0.4 is 4.72 Å². The molecule has 3 rings (SSSR count). The quantitative estimate of drug-likeness (QED) is 0.554. The van der Waals surface area contributed by atoms with Crippen LogP contribution >= 0.6 is 11.3 Å². The van der Waals surface area contributed by atoms with E-state index >= 15 is 0 Å². The average Bonchev–Trinajstić information content (AvgIpc) is 3.35. The minimum atomic E-state index is -3.96. The zero-order chi connectivity index (χ0) is 21.2. The van der Waals surface area contributed by atoms with Gasteiger partial charge in [-0.1, -0.05) is 38.1 Å². The highest BCUT2D eigenvalue weighted by Crippen LogP contribution is 2.31. The van der Waals surface area contributed by atoms with Crippen LogP contribution in [0.25, 0.3) is 21.9 Å². The lowest BCUT2D eigenvalue weighted by Gasteiger charge is -2.18. The minimum absolute atomic E-state index is 0.0114. The molecule has 0 bridgehead atoms. The first-order chi connectivity index (χ1) is 13.7. The summed E-state index contributed by atoms with van der Waals surface area (Å²) in [4.78, 5) is 13.5. The van der Waals surface area contributed by atoms with Crippen molar-refractivity contribution in [2.45, 2.75) is 38.1 Å². The first-order valence-corrected chi connectivity index (χ1v) is 11.4. The Morgan fingerprint density at radius 2 is 1.90 bits per heavy atom. The van der Waals surface area contributed by atoms with E-state index in [9.17, 15) is 18.3 Å². The zero-order valence-electron chi connectivity index (χ0n) is 16.2. The number of carbonyl (C=O) groups is 1. The summed E-state index contributed by atoms with van der Waals surface area (Å²) in [5, 5.41) is 13.3. The van der Waals surface area contributed by atoms with Crippen LogP contribution in [0.15, 0.2) is 51.9 Å². The molecule has 2 N–H and O–H groups in total. The van der Waals surface area contributed by atoms with E-state index in [1.807, 2.05) is 12.1 Å². The molecule has 29 heavy (non-hydrogen) atoms. The largest absolute Gasteiger partial charge is 0.480 e. The van der Waals surface area contributed by atoms with E-state index in [2.05, 4.69) is 22.9 Å². The van der Waals surface area contributed by atoms with E-state index in [4.69, 9.17) is 4.52 Å². The molecule has 0 amide bonds. The molecule has 1 aromatic carbocycles. The number of carboxylic acid groups (broad SMARTS) is 1. The van der Waals surface area contributed by atoms with Gasteiger partial charge in [0, 0.05) is 16.5 Å². The standard InChI is InChI=1S/C20H22N2O5S2/c1-4-14-7-10-18(28-14)17-11-16(21-27-17)13-5-8-15(9-6-13)29(25,26)22-19(12(2)3)20(23)24/h5-12,19,22H,4H2,1-3H3,(H,23,24)/t19-/m0/s1. The van der Waals surface area contributed by atoms with Crippen molar-refractivity contribution < 1.29 is 22.8 Å². The highest BCUT2D eigenvalue weighted by atomic mass is 32.2. The predicted molar refractivity (Wildman–Crippen MR) is 111 cm³/mol. The maximum absolute atomic E-state index is 12.5. The Morgan fingerprint density at radius 3 is 2.45 bits per heavy atom. The number of rotatable bonds is 8. The highest BCUT2D eigenvalue weighted by Gasteiger charge is 2.28. The minimum Gasteiger partial charge on any atom is -0.480 e. The summed E-state index contributed by atoms with van der Waals surface area (Å²) in [5.41, 5.74) is 1.29. The number of hydrogen-bond acceptors (Lipinski definition) is 6. The molecule has 0 radical (unpaired) electrons. The summed E-state index contributed by atoms with van der Waals surface area (Å²) in [6.45, 7) is 5.37. The van der Waals surface area contributed by atoms with Crippen LogP contribution in [0.3, 0.4) is 0 Å². The number of aryl methyl sites for hydroxylation is 1. The van der Waals surface area contributed by atoms with Gasteiger partial charge in [0.05, 0.1) is 9.77 Å². The summed E-state index contributed by atoms with van der Waals surface area (Å²) < 4.78 is 32.7. The Labute approximate surface area is 173 Å². The van der Waals surface area contributed by atoms with Crippen LogP contribution in [0, 0.1) is 5.92 Å². The van der Waals surface area contributed by atoms with Crippen molar-refractivity contribution in [1.29, 1.82) is 0 Å². The van der Waals surface area contributed by atoms with Gasteiger partial charge in [-0.3, -0.25) is 4.79 Å². The van der Waals surface area contributed by atoms with Crippen LogP contribution in [-0.2, 0) is 21.2 Å². The molecule has 7 nitrogen and oxygen atoms in total. The van der Waals surface area contributed by atoms with E-state index in [1.54, 1.807) is 37.3 Å². The van der Waals surface area contributed by atoms with E-state index in [-0.39, 0.29) is 10.8 Å². The molecule has 0 saturated heterocycles. The molecule has 154 valence electrons. The van der Waals surface area contributed by atoms with Gasteiger partial charge in [0.15, 0.2) is 5.76 Å². The lowest BCUT2D eigenvalue weighted by atomic mass is 10.1. The van der Waals surface area contributed by atoms with Crippen molar-refractivity contribution >= 4 is 27.3 Å². The smallest absolute Gasteiger partial charge is 0.322 e. The molecule has 2 heterocycles. The second kappa shape index (κ2) is 8.48. The van der Waals surface area contributed by atoms with Gasteiger partial charge in [-0.25, -0.2) is 8.42 Å². The third-order valence-electron chi connectivity index (χ3n) is 4.44. The van der Waals surface area contributed by atoms with Gasteiger partial charge in [0.1, 0.15) is 11.7 Å². The number of aliphatic carboxylic acids is 1. The number of sulfonamides is 1. The van der Waals surface area contributed by atoms with Crippen LogP contribution in [0.4, 0.5) is 0 Å². The first kappa shape index (κ1) is 21.2. The summed E-state index contributed by atoms with van der Waals surface area (Å²) in [5.74, 6) is -0.944. The second-order valence-electron chi connectivity index (χ2n) is 6.90. The number of nitrogens with one attached hydrogen (secondary N) is 1. The topological polar surface area (TPSA) is 110 Å². The number of hydrogen-bond donors (Lipinski definition) is 2. The molecule has 0 saturated carbocycles. The fraction of sp³-hybridized carbons (Fsp3) is 0.300. The summed E-state index contributed by atoms with van der Waals surface area (Å²) >= 11 is 1.64. The summed E-state index contributed by atoms with van der Waals surface area (Å²) in [6.07, 6.45) is 0.954. The highest BCUT2D eigenvalue weighted by molar-refractivity contribution is 7.89. The van der Waals surface area contributed by atoms with Crippen LogP contribution in [0.2, 0.25) is 0 Å². The molecule has 0 aliphatic carbocycles. The summed E-state index contributed by atoms with van der Waals surface area (Å²) in [6, 6.07) is 10.7. The molecule has 1 atom stereocenters. The fourth-order valence-electron chi connectivity index (χ4n) is 2.74. The number of carboxylic acids is 1. The number of nitrogens with zero attached hydrogens (tertiary/aromatic N) is 1. The van der Waals surface area contributed by atoms with Gasteiger partial charge in [-0.2, -0.15) is 4.72 Å². The van der Waals surface area contributed by atoms with Crippen LogP contribution in [0.5, 0.6) is 0 Å². The number of thiophene rings is 1. The Hall–Kier alpha value is -2.49. The second-order valence-corrected chi connectivity index (χ2v) is 9.78. The number of aromatic nitrogens is 1. The van der Waals surface area contributed by atoms with E-state index in [0.29, 0.717) is 17.0 Å². The Morgan fingerprint density at radius 1 is 1.21 bits per heavy atom. The molecule has 2 aromatic heterocycles. The first-order valence-electron chi connectivity index (χ1n) is 9.12. The fourth-order valence-corrected chi connectivity index (χ4v) is 4.97. The Bertz CT molecular complexity index is 1100. The van der Waals surface area contributed by atoms with Crippen LogP contribution in [0.1, 0.15) is 25.6 Å². The van der Waals surface area contributed by atoms with Crippen molar-refractivity contribution in [2.75, 3.05) is 0 Å². The van der Waals surface area contributed by atoms with Crippen molar-refractivity contribution in [3.8, 4) is 21.9 Å². The van der Waals surface area contributed by atoms with E-state index in [1.165, 1.54) is 17.0 Å². The van der Waals surface area contributed by atoms with Crippen molar-refractivity contribution in [1.82, 2.24) is 9.88 Å². The van der Waals surface area contributed by atoms with Gasteiger partial charge >= 0.3 is 5.97 Å². The molecule has 0 unspecified atom stereocenters. The predicted octanol–water partition coefficient (Wildman–Crippen LogP) is 4.02. The normalized spacial score (nSPS) is 13.0. The molecular formula is C20H22N2O5S2.